The van der Waals surface area contributed by atoms with Crippen molar-refractivity contribution in [3.8, 4) is 0 Å². The van der Waals surface area contributed by atoms with Crippen LogP contribution in [-0.4, -0.2) is 12.6 Å². The van der Waals surface area contributed by atoms with Gasteiger partial charge in [-0.1, -0.05) is 42.5 Å². The largest absolute Gasteiger partial charge is 0.462 e. The minimum Gasteiger partial charge on any atom is -0.462 e. The van der Waals surface area contributed by atoms with E-state index in [1.54, 1.807) is 25.1 Å². The predicted molar refractivity (Wildman–Crippen MR) is 100 cm³/mol. The maximum absolute atomic E-state index is 13.6. The number of nitrogens with one attached hydrogen (secondary N) is 1. The van der Waals surface area contributed by atoms with E-state index in [9.17, 15) is 18.0 Å². The van der Waals surface area contributed by atoms with Gasteiger partial charge in [-0.25, -0.2) is 4.79 Å². The van der Waals surface area contributed by atoms with Crippen molar-refractivity contribution >= 4 is 11.7 Å². The van der Waals surface area contributed by atoms with Crippen molar-refractivity contribution in [3.05, 3.63) is 76.9 Å². The van der Waals surface area contributed by atoms with Gasteiger partial charge < -0.3 is 10.1 Å². The van der Waals surface area contributed by atoms with E-state index in [0.717, 1.165) is 11.6 Å². The van der Waals surface area contributed by atoms with E-state index in [0.29, 0.717) is 17.7 Å². The zero-order valence-corrected chi connectivity index (χ0v) is 15.3. The number of allylic oxidation sites excluding steroid dienone is 2. The van der Waals surface area contributed by atoms with Gasteiger partial charge in [-0.3, -0.25) is 0 Å². The number of carbonyl (C=O) groups is 1. The third-order valence-corrected chi connectivity index (χ3v) is 5.49. The summed E-state index contributed by atoms with van der Waals surface area (Å²) >= 11 is 0. The molecule has 0 spiro atoms. The first-order chi connectivity index (χ1) is 13.4. The summed E-state index contributed by atoms with van der Waals surface area (Å²) in [6.07, 6.45) is 0.271. The van der Waals surface area contributed by atoms with Gasteiger partial charge in [0.15, 0.2) is 0 Å². The van der Waals surface area contributed by atoms with Crippen LogP contribution < -0.4 is 5.32 Å². The van der Waals surface area contributed by atoms with E-state index >= 15 is 0 Å². The van der Waals surface area contributed by atoms with Crippen LogP contribution in [0.3, 0.4) is 0 Å². The highest BCUT2D eigenvalue weighted by molar-refractivity contribution is 5.97. The third kappa shape index (κ3) is 3.07. The van der Waals surface area contributed by atoms with Gasteiger partial charge in [0, 0.05) is 5.92 Å². The van der Waals surface area contributed by atoms with Gasteiger partial charge in [0.1, 0.15) is 0 Å². The molecule has 0 unspecified atom stereocenters. The molecule has 0 bridgehead atoms. The number of hydrogen-bond donors (Lipinski definition) is 1. The lowest BCUT2D eigenvalue weighted by Crippen LogP contribution is -2.32. The van der Waals surface area contributed by atoms with Gasteiger partial charge >= 0.3 is 12.1 Å². The first kappa shape index (κ1) is 18.6. The molecule has 1 N–H and O–H groups in total. The number of para-hydroxylation sites is 1. The van der Waals surface area contributed by atoms with E-state index in [2.05, 4.69) is 5.32 Å². The number of rotatable bonds is 3. The molecule has 3 nitrogen and oxygen atoms in total. The fraction of sp³-hybridized carbons (Fsp3) is 0.318. The average molecular weight is 387 g/mol. The second-order valence-electron chi connectivity index (χ2n) is 7.05. The Morgan fingerprint density at radius 3 is 2.64 bits per heavy atom. The van der Waals surface area contributed by atoms with Gasteiger partial charge in [0.05, 0.1) is 29.5 Å². The second-order valence-corrected chi connectivity index (χ2v) is 7.05. The molecule has 2 aliphatic rings. The van der Waals surface area contributed by atoms with Crippen LogP contribution in [0.25, 0.3) is 0 Å². The third-order valence-electron chi connectivity index (χ3n) is 5.49. The molecule has 0 fully saturated rings. The molecule has 2 aromatic carbocycles. The maximum Gasteiger partial charge on any atom is 0.416 e. The summed E-state index contributed by atoms with van der Waals surface area (Å²) in [5, 5.41) is 3.26. The number of alkyl halides is 3. The molecule has 6 heteroatoms. The zero-order valence-electron chi connectivity index (χ0n) is 15.3. The van der Waals surface area contributed by atoms with Crippen molar-refractivity contribution in [1.29, 1.82) is 0 Å². The number of ether oxygens (including phenoxy) is 1. The minimum atomic E-state index is -4.44. The maximum atomic E-state index is 13.6. The molecule has 0 aromatic heterocycles. The van der Waals surface area contributed by atoms with Crippen LogP contribution in [0.4, 0.5) is 18.9 Å². The van der Waals surface area contributed by atoms with Crippen LogP contribution in [-0.2, 0) is 10.9 Å². The summed E-state index contributed by atoms with van der Waals surface area (Å²) in [5.41, 5.74) is 1.40. The number of hydrogen-bond acceptors (Lipinski definition) is 3. The average Bonchev–Trinajstić information content (AvgIpc) is 3.16. The van der Waals surface area contributed by atoms with Crippen molar-refractivity contribution in [2.45, 2.75) is 31.5 Å². The van der Waals surface area contributed by atoms with Crippen LogP contribution >= 0.6 is 0 Å². The minimum absolute atomic E-state index is 0.0445. The lowest BCUT2D eigenvalue weighted by atomic mass is 9.75. The Kier molecular flexibility index (Phi) is 4.65. The highest BCUT2D eigenvalue weighted by Gasteiger charge is 2.43. The fourth-order valence-corrected chi connectivity index (χ4v) is 4.33. The molecule has 1 aliphatic heterocycles. The lowest BCUT2D eigenvalue weighted by Gasteiger charge is -2.39. The van der Waals surface area contributed by atoms with Crippen LogP contribution in [0, 0.1) is 5.92 Å². The normalized spacial score (nSPS) is 22.9. The molecule has 4 rings (SSSR count). The number of carbonyl (C=O) groups excluding carboxylic acids is 1. The molecule has 0 amide bonds. The predicted octanol–water partition coefficient (Wildman–Crippen LogP) is 5.71. The van der Waals surface area contributed by atoms with Crippen molar-refractivity contribution in [2.24, 2.45) is 5.92 Å². The first-order valence-corrected chi connectivity index (χ1v) is 9.31. The summed E-state index contributed by atoms with van der Waals surface area (Å²) in [4.78, 5) is 12.4. The molecule has 0 saturated heterocycles. The highest BCUT2D eigenvalue weighted by Crippen LogP contribution is 2.52. The van der Waals surface area contributed by atoms with E-state index in [1.165, 1.54) is 12.1 Å². The van der Waals surface area contributed by atoms with E-state index < -0.39 is 23.8 Å². The monoisotopic (exact) mass is 387 g/mol. The highest BCUT2D eigenvalue weighted by atomic mass is 19.4. The topological polar surface area (TPSA) is 38.3 Å². The number of benzene rings is 2. The summed E-state index contributed by atoms with van der Waals surface area (Å²) in [6, 6.07) is 10.5. The summed E-state index contributed by atoms with van der Waals surface area (Å²) in [5.74, 6) is -0.569. The van der Waals surface area contributed by atoms with Crippen LogP contribution in [0.5, 0.6) is 0 Å². The summed E-state index contributed by atoms with van der Waals surface area (Å²) < 4.78 is 46.0. The number of esters is 1. The number of anilines is 1. The molecule has 3 atom stereocenters. The van der Waals surface area contributed by atoms with Gasteiger partial charge in [-0.05, 0) is 42.5 Å². The SMILES string of the molecule is CCOC(=O)c1cccc2c1N[C@H](c1ccccc1C(F)(F)F)[C@H]1CC=C[C@@H]21. The molecule has 1 heterocycles. The van der Waals surface area contributed by atoms with E-state index in [-0.39, 0.29) is 24.0 Å². The Bertz CT molecular complexity index is 936. The smallest absolute Gasteiger partial charge is 0.416 e. The molecular formula is C22H20F3NO2. The Morgan fingerprint density at radius 2 is 1.89 bits per heavy atom. The number of fused-ring (bicyclic) bond motifs is 3. The van der Waals surface area contributed by atoms with Crippen LogP contribution in [0.1, 0.15) is 52.4 Å². The Morgan fingerprint density at radius 1 is 1.14 bits per heavy atom. The molecule has 146 valence electrons. The fourth-order valence-electron chi connectivity index (χ4n) is 4.33. The Hall–Kier alpha value is -2.76. The van der Waals surface area contributed by atoms with Crippen LogP contribution in [0.15, 0.2) is 54.6 Å². The van der Waals surface area contributed by atoms with Crippen molar-refractivity contribution in [1.82, 2.24) is 0 Å². The van der Waals surface area contributed by atoms with Gasteiger partial charge in [0.2, 0.25) is 0 Å². The Labute approximate surface area is 161 Å². The van der Waals surface area contributed by atoms with Crippen LogP contribution in [0.2, 0.25) is 0 Å². The standard InChI is InChI=1S/C22H20F3NO2/c1-2-28-21(27)17-11-6-10-15-13-8-5-9-14(13)19(26-20(15)17)16-7-3-4-12-18(16)22(23,24)25/h3-8,10-14,19,26H,2,9H2,1H3/t13-,14+,19+/m1/s1. The van der Waals surface area contributed by atoms with Crippen molar-refractivity contribution in [3.63, 3.8) is 0 Å². The van der Waals surface area contributed by atoms with E-state index in [4.69, 9.17) is 4.74 Å². The molecule has 28 heavy (non-hydrogen) atoms. The summed E-state index contributed by atoms with van der Waals surface area (Å²) in [7, 11) is 0. The first-order valence-electron chi connectivity index (χ1n) is 9.31. The van der Waals surface area contributed by atoms with Crippen molar-refractivity contribution < 1.29 is 22.7 Å². The lowest BCUT2D eigenvalue weighted by molar-refractivity contribution is -0.138. The molecule has 1 aliphatic carbocycles. The quantitative estimate of drug-likeness (QED) is 0.542. The van der Waals surface area contributed by atoms with E-state index in [1.807, 2.05) is 18.2 Å². The second kappa shape index (κ2) is 7.00. The van der Waals surface area contributed by atoms with Gasteiger partial charge in [-0.2, -0.15) is 13.2 Å². The number of halogens is 3. The summed E-state index contributed by atoms with van der Waals surface area (Å²) in [6.45, 7) is 1.95. The van der Waals surface area contributed by atoms with Gasteiger partial charge in [-0.15, -0.1) is 0 Å². The Balaban J connectivity index is 1.84. The van der Waals surface area contributed by atoms with Gasteiger partial charge in [0.25, 0.3) is 0 Å². The molecule has 2 aromatic rings. The molecule has 0 radical (unpaired) electrons. The molecule has 0 saturated carbocycles. The molecular weight excluding hydrogens is 367 g/mol. The zero-order chi connectivity index (χ0) is 19.9. The van der Waals surface area contributed by atoms with Crippen molar-refractivity contribution in [2.75, 3.05) is 11.9 Å².